The molecular weight excluding hydrogens is 487 g/mol. The summed E-state index contributed by atoms with van der Waals surface area (Å²) < 4.78 is 56.0. The van der Waals surface area contributed by atoms with Crippen molar-refractivity contribution in [3.05, 3.63) is 89.6 Å². The molecule has 1 atom stereocenters. The molecule has 2 aromatic heterocycles. The van der Waals surface area contributed by atoms with E-state index in [0.29, 0.717) is 22.7 Å². The first-order chi connectivity index (χ1) is 17.5. The van der Waals surface area contributed by atoms with Crippen LogP contribution in [0.3, 0.4) is 0 Å². The summed E-state index contributed by atoms with van der Waals surface area (Å²) in [7, 11) is 0. The summed E-state index contributed by atoms with van der Waals surface area (Å²) in [6.07, 6.45) is 5.74. The number of thioether (sulfide) groups is 1. The molecule has 0 radical (unpaired) electrons. The lowest BCUT2D eigenvalue weighted by Gasteiger charge is -2.24. The molecule has 0 spiro atoms. The van der Waals surface area contributed by atoms with Gasteiger partial charge in [0.1, 0.15) is 23.1 Å². The molecule has 3 aromatic carbocycles. The molecule has 2 N–H and O–H groups in total. The number of aromatic nitrogens is 3. The van der Waals surface area contributed by atoms with Gasteiger partial charge in [-0.15, -0.1) is 11.8 Å². The van der Waals surface area contributed by atoms with Crippen LogP contribution in [0.2, 0.25) is 0 Å². The van der Waals surface area contributed by atoms with Crippen LogP contribution in [-0.4, -0.2) is 27.8 Å². The van der Waals surface area contributed by atoms with Crippen LogP contribution in [0.1, 0.15) is 23.6 Å². The van der Waals surface area contributed by atoms with E-state index in [-0.39, 0.29) is 28.5 Å². The molecule has 0 fully saturated rings. The molecule has 182 valence electrons. The monoisotopic (exact) mass is 507 g/mol. The number of aromatic amines is 2. The Morgan fingerprint density at radius 1 is 1.08 bits per heavy atom. The van der Waals surface area contributed by atoms with Gasteiger partial charge >= 0.3 is 0 Å². The summed E-state index contributed by atoms with van der Waals surface area (Å²) in [6.45, 7) is 0.569. The zero-order chi connectivity index (χ0) is 24.8. The van der Waals surface area contributed by atoms with Crippen LogP contribution in [0.5, 0.6) is 17.2 Å². The van der Waals surface area contributed by atoms with Gasteiger partial charge < -0.3 is 19.4 Å². The van der Waals surface area contributed by atoms with Crippen molar-refractivity contribution in [3.8, 4) is 28.6 Å². The predicted octanol–water partition coefficient (Wildman–Crippen LogP) is 7.40. The molecule has 0 amide bonds. The number of para-hydroxylation sites is 1. The van der Waals surface area contributed by atoms with E-state index in [9.17, 15) is 13.2 Å². The highest BCUT2D eigenvalue weighted by molar-refractivity contribution is 7.99. The van der Waals surface area contributed by atoms with Crippen molar-refractivity contribution in [2.45, 2.75) is 17.2 Å². The number of nitrogens with one attached hydrogen (secondary N) is 2. The van der Waals surface area contributed by atoms with Crippen molar-refractivity contribution in [1.29, 1.82) is 0 Å². The fourth-order valence-electron chi connectivity index (χ4n) is 4.65. The second-order valence-corrected chi connectivity index (χ2v) is 9.23. The van der Waals surface area contributed by atoms with Crippen LogP contribution in [-0.2, 0) is 0 Å². The fraction of sp³-hybridized carbons (Fsp3) is 0.148. The lowest BCUT2D eigenvalue weighted by molar-refractivity contribution is 0.276. The molecule has 0 aliphatic carbocycles. The van der Waals surface area contributed by atoms with Crippen LogP contribution in [0.25, 0.3) is 22.3 Å². The lowest BCUT2D eigenvalue weighted by Crippen LogP contribution is -2.15. The molecule has 36 heavy (non-hydrogen) atoms. The third-order valence-electron chi connectivity index (χ3n) is 6.36. The number of halogens is 3. The van der Waals surface area contributed by atoms with Gasteiger partial charge in [0, 0.05) is 35.0 Å². The van der Waals surface area contributed by atoms with Crippen molar-refractivity contribution in [3.63, 3.8) is 0 Å². The number of H-pyrrole nitrogens is 2. The SMILES string of the molecule is CSc1c(Oc2ccc(F)c(-c3ncc(C4CCOc5ccccc54)[nH]3)c2)c(F)c(F)c2[nH]ccc12. The molecule has 3 heterocycles. The number of rotatable bonds is 5. The van der Waals surface area contributed by atoms with E-state index < -0.39 is 17.5 Å². The first-order valence-corrected chi connectivity index (χ1v) is 12.5. The number of imidazole rings is 1. The molecule has 0 saturated heterocycles. The normalized spacial score (nSPS) is 15.1. The minimum atomic E-state index is -1.11. The lowest BCUT2D eigenvalue weighted by atomic mass is 9.91. The predicted molar refractivity (Wildman–Crippen MR) is 132 cm³/mol. The first-order valence-electron chi connectivity index (χ1n) is 11.3. The van der Waals surface area contributed by atoms with Crippen molar-refractivity contribution in [2.24, 2.45) is 0 Å². The number of ether oxygens (including phenoxy) is 2. The highest BCUT2D eigenvalue weighted by atomic mass is 32.2. The van der Waals surface area contributed by atoms with E-state index in [1.807, 2.05) is 24.3 Å². The summed E-state index contributed by atoms with van der Waals surface area (Å²) in [4.78, 5) is 10.8. The van der Waals surface area contributed by atoms with Gasteiger partial charge in [0.15, 0.2) is 11.6 Å². The maximum Gasteiger partial charge on any atom is 0.204 e. The highest BCUT2D eigenvalue weighted by Crippen LogP contribution is 2.42. The summed E-state index contributed by atoms with van der Waals surface area (Å²) in [5.74, 6) is -1.58. The zero-order valence-electron chi connectivity index (χ0n) is 19.1. The van der Waals surface area contributed by atoms with Gasteiger partial charge in [0.2, 0.25) is 5.82 Å². The van der Waals surface area contributed by atoms with Crippen molar-refractivity contribution < 1.29 is 22.6 Å². The topological polar surface area (TPSA) is 62.9 Å². The Bertz CT molecular complexity index is 1600. The Balaban J connectivity index is 1.36. The molecule has 0 saturated carbocycles. The fourth-order valence-corrected chi connectivity index (χ4v) is 5.35. The number of fused-ring (bicyclic) bond motifs is 2. The van der Waals surface area contributed by atoms with E-state index in [0.717, 1.165) is 23.4 Å². The van der Waals surface area contributed by atoms with Gasteiger partial charge in [0.25, 0.3) is 0 Å². The van der Waals surface area contributed by atoms with Gasteiger partial charge in [-0.2, -0.15) is 4.39 Å². The Morgan fingerprint density at radius 2 is 1.94 bits per heavy atom. The molecular formula is C27H20F3N3O2S. The summed E-state index contributed by atoms with van der Waals surface area (Å²) in [5.41, 5.74) is 2.11. The molecule has 1 unspecified atom stereocenters. The van der Waals surface area contributed by atoms with Gasteiger partial charge in [-0.25, -0.2) is 13.8 Å². The Morgan fingerprint density at radius 3 is 2.81 bits per heavy atom. The van der Waals surface area contributed by atoms with E-state index in [4.69, 9.17) is 9.47 Å². The average molecular weight is 508 g/mol. The zero-order valence-corrected chi connectivity index (χ0v) is 19.9. The summed E-state index contributed by atoms with van der Waals surface area (Å²) in [5, 5.41) is 0.506. The number of hydrogen-bond acceptors (Lipinski definition) is 4. The van der Waals surface area contributed by atoms with Gasteiger partial charge in [0.05, 0.1) is 22.6 Å². The standard InChI is InChI=1S/C27H20F3N3O2S/c1-36-26-17-8-10-31-24(17)22(29)23(30)25(26)35-14-6-7-19(28)18(12-14)27-32-13-20(33-27)15-9-11-34-21-5-3-2-4-16(15)21/h2-8,10,12-13,15,31H,9,11H2,1H3,(H,32,33). The maximum absolute atomic E-state index is 14.9. The van der Waals surface area contributed by atoms with Crippen LogP contribution in [0.15, 0.2) is 65.8 Å². The quantitative estimate of drug-likeness (QED) is 0.243. The van der Waals surface area contributed by atoms with Gasteiger partial charge in [-0.05, 0) is 43.0 Å². The third-order valence-corrected chi connectivity index (χ3v) is 7.17. The second-order valence-electron chi connectivity index (χ2n) is 8.42. The summed E-state index contributed by atoms with van der Waals surface area (Å²) >= 11 is 1.23. The Kier molecular flexibility index (Phi) is 5.64. The minimum Gasteiger partial charge on any atom is -0.493 e. The first kappa shape index (κ1) is 22.6. The number of hydrogen-bond donors (Lipinski definition) is 2. The average Bonchev–Trinajstić information content (AvgIpc) is 3.59. The number of benzene rings is 3. The van der Waals surface area contributed by atoms with Crippen molar-refractivity contribution >= 4 is 22.7 Å². The maximum atomic E-state index is 14.9. The van der Waals surface area contributed by atoms with E-state index in [1.165, 1.54) is 36.2 Å². The third kappa shape index (κ3) is 3.71. The molecule has 0 bridgehead atoms. The molecule has 5 nitrogen and oxygen atoms in total. The molecule has 9 heteroatoms. The van der Waals surface area contributed by atoms with Crippen molar-refractivity contribution in [2.75, 3.05) is 12.9 Å². The van der Waals surface area contributed by atoms with E-state index >= 15 is 0 Å². The van der Waals surface area contributed by atoms with E-state index in [2.05, 4.69) is 15.0 Å². The van der Waals surface area contributed by atoms with Crippen LogP contribution < -0.4 is 9.47 Å². The Hall–Kier alpha value is -3.85. The Labute approximate surface area is 208 Å². The largest absolute Gasteiger partial charge is 0.493 e. The molecule has 1 aliphatic rings. The smallest absolute Gasteiger partial charge is 0.204 e. The molecule has 5 aromatic rings. The highest BCUT2D eigenvalue weighted by Gasteiger charge is 2.26. The molecule has 1 aliphatic heterocycles. The van der Waals surface area contributed by atoms with Crippen LogP contribution >= 0.6 is 11.8 Å². The number of nitrogens with zero attached hydrogens (tertiary/aromatic N) is 1. The van der Waals surface area contributed by atoms with Crippen LogP contribution in [0, 0.1) is 17.5 Å². The van der Waals surface area contributed by atoms with Crippen molar-refractivity contribution in [1.82, 2.24) is 15.0 Å². The van der Waals surface area contributed by atoms with E-state index in [1.54, 1.807) is 18.5 Å². The molecule has 6 rings (SSSR count). The second kappa shape index (κ2) is 8.98. The summed E-state index contributed by atoms with van der Waals surface area (Å²) in [6, 6.07) is 13.5. The van der Waals surface area contributed by atoms with Crippen LogP contribution in [0.4, 0.5) is 13.2 Å². The van der Waals surface area contributed by atoms with Gasteiger partial charge in [-0.3, -0.25) is 0 Å². The minimum absolute atomic E-state index is 0.0352. The van der Waals surface area contributed by atoms with Gasteiger partial charge in [-0.1, -0.05) is 18.2 Å².